The van der Waals surface area contributed by atoms with Crippen LogP contribution in [0.1, 0.15) is 28.4 Å². The van der Waals surface area contributed by atoms with Crippen molar-refractivity contribution in [1.29, 1.82) is 0 Å². The summed E-state index contributed by atoms with van der Waals surface area (Å²) in [6.45, 7) is 1.19. The minimum absolute atomic E-state index is 0.0644. The third-order valence-corrected chi connectivity index (χ3v) is 2.97. The van der Waals surface area contributed by atoms with Crippen LogP contribution in [0.4, 0.5) is 8.78 Å². The average molecular weight is 292 g/mol. The van der Waals surface area contributed by atoms with Crippen LogP contribution < -0.4 is 4.74 Å². The van der Waals surface area contributed by atoms with Crippen LogP contribution in [0.5, 0.6) is 5.75 Å². The van der Waals surface area contributed by atoms with E-state index >= 15 is 0 Å². The zero-order chi connectivity index (χ0) is 15.4. The molecule has 0 unspecified atom stereocenters. The minimum atomic E-state index is -0.937. The molecule has 3 nitrogen and oxygen atoms in total. The highest BCUT2D eigenvalue weighted by Crippen LogP contribution is 2.25. The first-order chi connectivity index (χ1) is 10.0. The third kappa shape index (κ3) is 3.64. The van der Waals surface area contributed by atoms with Crippen molar-refractivity contribution in [2.45, 2.75) is 20.1 Å². The molecular formula is C16H14F2O3. The Bertz CT molecular complexity index is 651. The largest absolute Gasteiger partial charge is 0.488 e. The predicted molar refractivity (Wildman–Crippen MR) is 73.1 cm³/mol. The van der Waals surface area contributed by atoms with E-state index < -0.39 is 17.4 Å². The summed E-state index contributed by atoms with van der Waals surface area (Å²) in [6, 6.07) is 8.54. The maximum atomic E-state index is 13.6. The molecule has 0 saturated carbocycles. The zero-order valence-electron chi connectivity index (χ0n) is 11.4. The molecule has 2 aromatic carbocycles. The zero-order valence-corrected chi connectivity index (χ0v) is 11.4. The van der Waals surface area contributed by atoms with E-state index in [1.54, 1.807) is 24.3 Å². The SMILES string of the molecule is CC(=O)c1c(F)cc(F)cc1OCc1ccc(CO)cc1. The summed E-state index contributed by atoms with van der Waals surface area (Å²) in [5.41, 5.74) is 1.25. The van der Waals surface area contributed by atoms with Gasteiger partial charge in [-0.25, -0.2) is 8.78 Å². The molecule has 0 amide bonds. The molecule has 0 saturated heterocycles. The Hall–Kier alpha value is -2.27. The minimum Gasteiger partial charge on any atom is -0.488 e. The van der Waals surface area contributed by atoms with Gasteiger partial charge in [0.15, 0.2) is 5.78 Å². The molecule has 5 heteroatoms. The lowest BCUT2D eigenvalue weighted by Gasteiger charge is -2.11. The predicted octanol–water partition coefficient (Wildman–Crippen LogP) is 3.24. The van der Waals surface area contributed by atoms with Gasteiger partial charge in [0.05, 0.1) is 12.2 Å². The molecule has 0 fully saturated rings. The number of rotatable bonds is 5. The maximum Gasteiger partial charge on any atom is 0.166 e. The van der Waals surface area contributed by atoms with Gasteiger partial charge in [-0.1, -0.05) is 24.3 Å². The van der Waals surface area contributed by atoms with Crippen molar-refractivity contribution in [3.05, 3.63) is 64.7 Å². The monoisotopic (exact) mass is 292 g/mol. The number of carbonyl (C=O) groups is 1. The Labute approximate surface area is 120 Å². The summed E-state index contributed by atoms with van der Waals surface area (Å²) in [7, 11) is 0. The first kappa shape index (κ1) is 15.1. The highest BCUT2D eigenvalue weighted by Gasteiger charge is 2.16. The van der Waals surface area contributed by atoms with Crippen molar-refractivity contribution in [1.82, 2.24) is 0 Å². The number of aliphatic hydroxyl groups is 1. The molecule has 0 aliphatic carbocycles. The number of hydrogen-bond acceptors (Lipinski definition) is 3. The van der Waals surface area contributed by atoms with E-state index in [1.807, 2.05) is 0 Å². The molecule has 2 rings (SSSR count). The van der Waals surface area contributed by atoms with Gasteiger partial charge < -0.3 is 9.84 Å². The van der Waals surface area contributed by atoms with E-state index in [9.17, 15) is 13.6 Å². The number of hydrogen-bond donors (Lipinski definition) is 1. The molecular weight excluding hydrogens is 278 g/mol. The summed E-state index contributed by atoms with van der Waals surface area (Å²) in [6.07, 6.45) is 0. The molecule has 21 heavy (non-hydrogen) atoms. The topological polar surface area (TPSA) is 46.5 Å². The smallest absolute Gasteiger partial charge is 0.166 e. The van der Waals surface area contributed by atoms with Gasteiger partial charge >= 0.3 is 0 Å². The van der Waals surface area contributed by atoms with Crippen LogP contribution in [0.3, 0.4) is 0 Å². The summed E-state index contributed by atoms with van der Waals surface area (Å²) < 4.78 is 32.2. The van der Waals surface area contributed by atoms with E-state index in [1.165, 1.54) is 6.92 Å². The number of carbonyl (C=O) groups excluding carboxylic acids is 1. The Balaban J connectivity index is 2.20. The molecule has 1 N–H and O–H groups in total. The van der Waals surface area contributed by atoms with Crippen LogP contribution >= 0.6 is 0 Å². The van der Waals surface area contributed by atoms with Gasteiger partial charge in [0.25, 0.3) is 0 Å². The first-order valence-corrected chi connectivity index (χ1v) is 6.32. The van der Waals surface area contributed by atoms with Crippen LogP contribution in [0, 0.1) is 11.6 Å². The van der Waals surface area contributed by atoms with E-state index in [-0.39, 0.29) is 24.5 Å². The molecule has 0 atom stereocenters. The molecule has 0 radical (unpaired) electrons. The van der Waals surface area contributed by atoms with Gasteiger partial charge in [0.2, 0.25) is 0 Å². The average Bonchev–Trinajstić information content (AvgIpc) is 2.44. The molecule has 0 aliphatic rings. The van der Waals surface area contributed by atoms with E-state index in [4.69, 9.17) is 9.84 Å². The Kier molecular flexibility index (Phi) is 4.65. The third-order valence-electron chi connectivity index (χ3n) is 2.97. The molecule has 0 aliphatic heterocycles. The number of aliphatic hydroxyl groups excluding tert-OH is 1. The van der Waals surface area contributed by atoms with Crippen molar-refractivity contribution in [3.8, 4) is 5.75 Å². The summed E-state index contributed by atoms with van der Waals surface area (Å²) >= 11 is 0. The van der Waals surface area contributed by atoms with Crippen molar-refractivity contribution >= 4 is 5.78 Å². The lowest BCUT2D eigenvalue weighted by atomic mass is 10.1. The van der Waals surface area contributed by atoms with E-state index in [2.05, 4.69) is 0 Å². The van der Waals surface area contributed by atoms with Gasteiger partial charge in [-0.2, -0.15) is 0 Å². The number of benzene rings is 2. The van der Waals surface area contributed by atoms with Crippen molar-refractivity contribution in [3.63, 3.8) is 0 Å². The van der Waals surface area contributed by atoms with Crippen LogP contribution in [0.2, 0.25) is 0 Å². The summed E-state index contributed by atoms with van der Waals surface area (Å²) in [5, 5.41) is 8.94. The van der Waals surface area contributed by atoms with Crippen LogP contribution in [0.15, 0.2) is 36.4 Å². The number of ketones is 1. The standard InChI is InChI=1S/C16H14F2O3/c1-10(20)16-14(18)6-13(17)7-15(16)21-9-12-4-2-11(8-19)3-5-12/h2-7,19H,8-9H2,1H3. The fourth-order valence-corrected chi connectivity index (χ4v) is 1.91. The fraction of sp³-hybridized carbons (Fsp3) is 0.188. The summed E-state index contributed by atoms with van der Waals surface area (Å²) in [4.78, 5) is 11.4. The van der Waals surface area contributed by atoms with Gasteiger partial charge in [-0.05, 0) is 18.1 Å². The van der Waals surface area contributed by atoms with Crippen LogP contribution in [-0.2, 0) is 13.2 Å². The normalized spacial score (nSPS) is 10.5. The number of ether oxygens (including phenoxy) is 1. The fourth-order valence-electron chi connectivity index (χ4n) is 1.91. The van der Waals surface area contributed by atoms with Gasteiger partial charge in [-0.3, -0.25) is 4.79 Å². The molecule has 0 spiro atoms. The van der Waals surface area contributed by atoms with Crippen LogP contribution in [0.25, 0.3) is 0 Å². The quantitative estimate of drug-likeness (QED) is 0.861. The first-order valence-electron chi connectivity index (χ1n) is 6.32. The Morgan fingerprint density at radius 1 is 1.14 bits per heavy atom. The van der Waals surface area contributed by atoms with Crippen LogP contribution in [-0.4, -0.2) is 10.9 Å². The highest BCUT2D eigenvalue weighted by atomic mass is 19.1. The Morgan fingerprint density at radius 3 is 2.33 bits per heavy atom. The van der Waals surface area contributed by atoms with Gasteiger partial charge in [0, 0.05) is 12.1 Å². The summed E-state index contributed by atoms with van der Waals surface area (Å²) in [5.74, 6) is -2.39. The highest BCUT2D eigenvalue weighted by molar-refractivity contribution is 5.97. The Morgan fingerprint density at radius 2 is 1.76 bits per heavy atom. The second kappa shape index (κ2) is 6.45. The second-order valence-corrected chi connectivity index (χ2v) is 4.58. The lowest BCUT2D eigenvalue weighted by molar-refractivity contribution is 0.100. The molecule has 0 aromatic heterocycles. The van der Waals surface area contributed by atoms with Crippen molar-refractivity contribution in [2.75, 3.05) is 0 Å². The van der Waals surface area contributed by atoms with Crippen molar-refractivity contribution in [2.24, 2.45) is 0 Å². The van der Waals surface area contributed by atoms with E-state index in [0.717, 1.165) is 17.2 Å². The van der Waals surface area contributed by atoms with Gasteiger partial charge in [-0.15, -0.1) is 0 Å². The van der Waals surface area contributed by atoms with Gasteiger partial charge in [0.1, 0.15) is 24.0 Å². The van der Waals surface area contributed by atoms with E-state index in [0.29, 0.717) is 6.07 Å². The molecule has 2 aromatic rings. The lowest BCUT2D eigenvalue weighted by Crippen LogP contribution is -2.05. The molecule has 0 bridgehead atoms. The molecule has 110 valence electrons. The molecule has 0 heterocycles. The number of Topliss-reactive ketones (excluding diaryl/α,β-unsaturated/α-hetero) is 1. The maximum absolute atomic E-state index is 13.6. The van der Waals surface area contributed by atoms with Crippen molar-refractivity contribution < 1.29 is 23.4 Å². The number of halogens is 2. The second-order valence-electron chi connectivity index (χ2n) is 4.58.